The minimum Gasteiger partial charge on any atom is -0.459 e. The molecule has 1 aromatic carbocycles. The van der Waals surface area contributed by atoms with Gasteiger partial charge in [-0.15, -0.1) is 0 Å². The van der Waals surface area contributed by atoms with Gasteiger partial charge < -0.3 is 9.47 Å². The lowest BCUT2D eigenvalue weighted by Crippen LogP contribution is -2.08. The van der Waals surface area contributed by atoms with Crippen LogP contribution in [0.3, 0.4) is 0 Å². The van der Waals surface area contributed by atoms with E-state index in [9.17, 15) is 4.79 Å². The topological polar surface area (TPSA) is 98.0 Å². The van der Waals surface area contributed by atoms with Gasteiger partial charge in [0.15, 0.2) is 0 Å². The van der Waals surface area contributed by atoms with Crippen LogP contribution in [0.2, 0.25) is 0 Å². The molecule has 0 aliphatic carbocycles. The average Bonchev–Trinajstić information content (AvgIpc) is 2.69. The highest BCUT2D eigenvalue weighted by molar-refractivity contribution is 5.72. The molecule has 0 unspecified atom stereocenters. The van der Waals surface area contributed by atoms with Crippen molar-refractivity contribution >= 4 is 5.97 Å². The van der Waals surface area contributed by atoms with Gasteiger partial charge in [0.2, 0.25) is 0 Å². The number of carbonyl (C=O) groups is 1. The molecule has 0 radical (unpaired) electrons. The molecule has 0 atom stereocenters. The van der Waals surface area contributed by atoms with E-state index in [0.29, 0.717) is 17.2 Å². The van der Waals surface area contributed by atoms with Crippen LogP contribution in [0.4, 0.5) is 0 Å². The fraction of sp³-hybridized carbons (Fsp3) is 0.105. The maximum Gasteiger partial charge on any atom is 0.310 e. The van der Waals surface area contributed by atoms with E-state index in [1.807, 2.05) is 6.07 Å². The molecule has 3 aromatic rings. The van der Waals surface area contributed by atoms with Gasteiger partial charge in [-0.3, -0.25) is 14.8 Å². The molecule has 128 valence electrons. The first-order valence-corrected chi connectivity index (χ1v) is 7.76. The first-order valence-electron chi connectivity index (χ1n) is 7.76. The highest BCUT2D eigenvalue weighted by Crippen LogP contribution is 2.22. The van der Waals surface area contributed by atoms with Crippen LogP contribution in [0.15, 0.2) is 61.2 Å². The molecule has 2 aromatic heterocycles. The maximum atomic E-state index is 11.9. The molecule has 0 N–H and O–H groups in total. The third-order valence-electron chi connectivity index (χ3n) is 3.35. The van der Waals surface area contributed by atoms with Gasteiger partial charge in [0.1, 0.15) is 29.9 Å². The van der Waals surface area contributed by atoms with Crippen LogP contribution in [0.25, 0.3) is 0 Å². The number of hydrogen-bond donors (Lipinski definition) is 0. The molecular weight excluding hydrogens is 332 g/mol. The highest BCUT2D eigenvalue weighted by atomic mass is 16.5. The normalized spacial score (nSPS) is 9.96. The van der Waals surface area contributed by atoms with Crippen molar-refractivity contribution in [1.82, 2.24) is 15.0 Å². The lowest BCUT2D eigenvalue weighted by molar-refractivity contribution is -0.144. The van der Waals surface area contributed by atoms with E-state index in [1.54, 1.807) is 55.0 Å². The summed E-state index contributed by atoms with van der Waals surface area (Å²) in [5.74, 6) is 0.765. The predicted molar refractivity (Wildman–Crippen MR) is 91.0 cm³/mol. The number of hydrogen-bond acceptors (Lipinski definition) is 7. The number of esters is 1. The molecule has 0 saturated carbocycles. The summed E-state index contributed by atoms with van der Waals surface area (Å²) in [6, 6.07) is 12.2. The van der Waals surface area contributed by atoms with Gasteiger partial charge in [-0.25, -0.2) is 4.98 Å². The Hall–Kier alpha value is -3.79. The molecule has 2 heterocycles. The summed E-state index contributed by atoms with van der Waals surface area (Å²) in [6.07, 6.45) is 6.31. The minimum absolute atomic E-state index is 0.0944. The fourth-order valence-electron chi connectivity index (χ4n) is 2.12. The first kappa shape index (κ1) is 17.0. The second-order valence-corrected chi connectivity index (χ2v) is 5.27. The zero-order valence-electron chi connectivity index (χ0n) is 13.7. The summed E-state index contributed by atoms with van der Waals surface area (Å²) in [5.41, 5.74) is 1.68. The summed E-state index contributed by atoms with van der Waals surface area (Å²) in [7, 11) is 0. The molecule has 0 spiro atoms. The third kappa shape index (κ3) is 4.85. The standard InChI is InChI=1S/C19H14N4O3/c20-11-15-10-18(5-6-22-15)26-17-3-1-14(2-4-17)9-19(24)25-13-16-12-21-7-8-23-16/h1-8,10,12H,9,13H2. The summed E-state index contributed by atoms with van der Waals surface area (Å²) < 4.78 is 10.8. The summed E-state index contributed by atoms with van der Waals surface area (Å²) in [4.78, 5) is 23.7. The van der Waals surface area contributed by atoms with Crippen molar-refractivity contribution in [2.24, 2.45) is 0 Å². The zero-order chi connectivity index (χ0) is 18.2. The molecule has 26 heavy (non-hydrogen) atoms. The summed E-state index contributed by atoms with van der Waals surface area (Å²) >= 11 is 0. The fourth-order valence-corrected chi connectivity index (χ4v) is 2.12. The van der Waals surface area contributed by atoms with Crippen LogP contribution in [-0.2, 0) is 22.6 Å². The number of ether oxygens (including phenoxy) is 2. The SMILES string of the molecule is N#Cc1cc(Oc2ccc(CC(=O)OCc3cnccn3)cc2)ccn1. The number of aromatic nitrogens is 3. The van der Waals surface area contributed by atoms with Gasteiger partial charge in [-0.2, -0.15) is 5.26 Å². The molecule has 7 nitrogen and oxygen atoms in total. The van der Waals surface area contributed by atoms with Crippen molar-refractivity contribution in [3.05, 3.63) is 78.1 Å². The largest absolute Gasteiger partial charge is 0.459 e. The summed E-state index contributed by atoms with van der Waals surface area (Å²) in [6.45, 7) is 0.0944. The Kier molecular flexibility index (Phi) is 5.47. The Balaban J connectivity index is 1.54. The highest BCUT2D eigenvalue weighted by Gasteiger charge is 2.07. The Morgan fingerprint density at radius 2 is 1.88 bits per heavy atom. The van der Waals surface area contributed by atoms with E-state index >= 15 is 0 Å². The Bertz CT molecular complexity index is 922. The van der Waals surface area contributed by atoms with E-state index < -0.39 is 0 Å². The number of rotatable bonds is 6. The van der Waals surface area contributed by atoms with Crippen molar-refractivity contribution < 1.29 is 14.3 Å². The summed E-state index contributed by atoms with van der Waals surface area (Å²) in [5, 5.41) is 8.85. The van der Waals surface area contributed by atoms with E-state index in [4.69, 9.17) is 14.7 Å². The number of pyridine rings is 1. The lowest BCUT2D eigenvalue weighted by atomic mass is 10.1. The Labute approximate surface area is 149 Å². The first-order chi connectivity index (χ1) is 12.7. The molecular formula is C19H14N4O3. The molecule has 0 aliphatic rings. The van der Waals surface area contributed by atoms with Crippen LogP contribution in [-0.4, -0.2) is 20.9 Å². The van der Waals surface area contributed by atoms with Gasteiger partial charge in [0.25, 0.3) is 0 Å². The quantitative estimate of drug-likeness (QED) is 0.633. The molecule has 0 amide bonds. The molecule has 0 bridgehead atoms. The molecule has 3 rings (SSSR count). The number of benzene rings is 1. The molecule has 0 fully saturated rings. The van der Waals surface area contributed by atoms with Crippen molar-refractivity contribution in [1.29, 1.82) is 5.26 Å². The van der Waals surface area contributed by atoms with Crippen LogP contribution in [0, 0.1) is 11.3 Å². The number of nitrogens with zero attached hydrogens (tertiary/aromatic N) is 4. The third-order valence-corrected chi connectivity index (χ3v) is 3.35. The van der Waals surface area contributed by atoms with Crippen molar-refractivity contribution in [3.8, 4) is 17.6 Å². The van der Waals surface area contributed by atoms with Gasteiger partial charge in [-0.1, -0.05) is 12.1 Å². The predicted octanol–water partition coefficient (Wildman–Crippen LogP) is 2.82. The van der Waals surface area contributed by atoms with Crippen LogP contribution >= 0.6 is 0 Å². The second-order valence-electron chi connectivity index (χ2n) is 5.27. The Morgan fingerprint density at radius 3 is 2.62 bits per heavy atom. The average molecular weight is 346 g/mol. The second kappa shape index (κ2) is 8.35. The van der Waals surface area contributed by atoms with Crippen LogP contribution in [0.5, 0.6) is 11.5 Å². The van der Waals surface area contributed by atoms with Gasteiger partial charge in [0, 0.05) is 24.7 Å². The zero-order valence-corrected chi connectivity index (χ0v) is 13.7. The maximum absolute atomic E-state index is 11.9. The van der Waals surface area contributed by atoms with Gasteiger partial charge >= 0.3 is 5.97 Å². The molecule has 0 aliphatic heterocycles. The smallest absolute Gasteiger partial charge is 0.310 e. The van der Waals surface area contributed by atoms with E-state index in [0.717, 1.165) is 5.56 Å². The molecule has 0 saturated heterocycles. The number of nitriles is 1. The number of carbonyl (C=O) groups excluding carboxylic acids is 1. The van der Waals surface area contributed by atoms with Crippen molar-refractivity contribution in [2.75, 3.05) is 0 Å². The van der Waals surface area contributed by atoms with Gasteiger partial charge in [-0.05, 0) is 23.8 Å². The van der Waals surface area contributed by atoms with E-state index in [2.05, 4.69) is 15.0 Å². The lowest BCUT2D eigenvalue weighted by Gasteiger charge is -2.07. The minimum atomic E-state index is -0.350. The van der Waals surface area contributed by atoms with E-state index in [1.165, 1.54) is 6.20 Å². The molecule has 7 heteroatoms. The van der Waals surface area contributed by atoms with E-state index in [-0.39, 0.29) is 24.7 Å². The van der Waals surface area contributed by atoms with Crippen LogP contribution in [0.1, 0.15) is 17.0 Å². The van der Waals surface area contributed by atoms with Gasteiger partial charge in [0.05, 0.1) is 18.3 Å². The van der Waals surface area contributed by atoms with Crippen molar-refractivity contribution in [2.45, 2.75) is 13.0 Å². The van der Waals surface area contributed by atoms with Crippen molar-refractivity contribution in [3.63, 3.8) is 0 Å². The Morgan fingerprint density at radius 1 is 1.04 bits per heavy atom. The monoisotopic (exact) mass is 346 g/mol. The van der Waals surface area contributed by atoms with Crippen LogP contribution < -0.4 is 4.74 Å².